The van der Waals surface area contributed by atoms with E-state index >= 15 is 0 Å². The first-order valence-electron chi connectivity index (χ1n) is 5.60. The minimum Gasteiger partial charge on any atom is -0.481 e. The highest BCUT2D eigenvalue weighted by atomic mass is 16.4. The lowest BCUT2D eigenvalue weighted by molar-refractivity contribution is -0.138. The number of aliphatic carboxylic acids is 1. The zero-order chi connectivity index (χ0) is 10.6. The molecule has 14 heavy (non-hydrogen) atoms. The fourth-order valence-corrected chi connectivity index (χ4v) is 2.67. The second kappa shape index (κ2) is 4.78. The van der Waals surface area contributed by atoms with E-state index in [1.165, 1.54) is 12.8 Å². The van der Waals surface area contributed by atoms with Crippen LogP contribution in [0.1, 0.15) is 46.0 Å². The van der Waals surface area contributed by atoms with Crippen LogP contribution >= 0.6 is 0 Å². The van der Waals surface area contributed by atoms with Gasteiger partial charge in [0.1, 0.15) is 0 Å². The Morgan fingerprint density at radius 1 is 1.50 bits per heavy atom. The Hall–Kier alpha value is -0.570. The van der Waals surface area contributed by atoms with E-state index in [-0.39, 0.29) is 17.9 Å². The topological polar surface area (TPSA) is 49.3 Å². The van der Waals surface area contributed by atoms with Gasteiger partial charge in [-0.05, 0) is 37.6 Å². The summed E-state index contributed by atoms with van der Waals surface area (Å²) in [6, 6.07) is 0.170. The van der Waals surface area contributed by atoms with Crippen molar-refractivity contribution in [2.45, 2.75) is 52.0 Å². The summed E-state index contributed by atoms with van der Waals surface area (Å²) in [6.07, 6.45) is 4.77. The summed E-state index contributed by atoms with van der Waals surface area (Å²) >= 11 is 0. The average molecular weight is 199 g/mol. The third-order valence-electron chi connectivity index (χ3n) is 3.77. The first-order chi connectivity index (χ1) is 6.64. The van der Waals surface area contributed by atoms with Crippen LogP contribution in [0.3, 0.4) is 0 Å². The van der Waals surface area contributed by atoms with Gasteiger partial charge in [-0.25, -0.2) is 0 Å². The van der Waals surface area contributed by atoms with Crippen LogP contribution in [0.2, 0.25) is 0 Å². The van der Waals surface area contributed by atoms with Gasteiger partial charge in [-0.3, -0.25) is 4.79 Å². The van der Waals surface area contributed by atoms with Crippen molar-refractivity contribution in [2.75, 3.05) is 6.54 Å². The van der Waals surface area contributed by atoms with Crippen LogP contribution in [-0.4, -0.2) is 23.7 Å². The number of rotatable bonds is 4. The molecule has 0 aliphatic carbocycles. The lowest BCUT2D eigenvalue weighted by atomic mass is 9.69. The fraction of sp³-hybridized carbons (Fsp3) is 0.909. The van der Waals surface area contributed by atoms with Crippen LogP contribution in [0, 0.1) is 5.41 Å². The van der Waals surface area contributed by atoms with Gasteiger partial charge in [-0.2, -0.15) is 0 Å². The molecule has 1 aliphatic heterocycles. The predicted octanol–water partition coefficient (Wildman–Crippen LogP) is 2.02. The summed E-state index contributed by atoms with van der Waals surface area (Å²) in [5.74, 6) is -0.685. The Morgan fingerprint density at radius 2 is 2.14 bits per heavy atom. The van der Waals surface area contributed by atoms with Crippen molar-refractivity contribution >= 4 is 5.97 Å². The Kier molecular flexibility index (Phi) is 3.93. The summed E-state index contributed by atoms with van der Waals surface area (Å²) in [5.41, 5.74) is 0.219. The van der Waals surface area contributed by atoms with Crippen LogP contribution in [0.15, 0.2) is 0 Å². The SMILES string of the molecule is CCC1(CC)CCCN[C@H]1CC(=O)O. The van der Waals surface area contributed by atoms with Crippen molar-refractivity contribution in [3.05, 3.63) is 0 Å². The highest BCUT2D eigenvalue weighted by Gasteiger charge is 2.38. The minimum absolute atomic E-state index is 0.170. The van der Waals surface area contributed by atoms with Crippen molar-refractivity contribution in [2.24, 2.45) is 5.41 Å². The molecule has 0 radical (unpaired) electrons. The Labute approximate surface area is 85.9 Å². The molecule has 0 spiro atoms. The van der Waals surface area contributed by atoms with E-state index in [2.05, 4.69) is 19.2 Å². The zero-order valence-corrected chi connectivity index (χ0v) is 9.18. The van der Waals surface area contributed by atoms with Crippen LogP contribution in [0.5, 0.6) is 0 Å². The van der Waals surface area contributed by atoms with E-state index in [1.54, 1.807) is 0 Å². The molecular formula is C11H21NO2. The number of carboxylic acid groups (broad SMARTS) is 1. The fourth-order valence-electron chi connectivity index (χ4n) is 2.67. The van der Waals surface area contributed by atoms with E-state index in [9.17, 15) is 4.79 Å². The Morgan fingerprint density at radius 3 is 2.64 bits per heavy atom. The maximum Gasteiger partial charge on any atom is 0.304 e. The average Bonchev–Trinajstić information content (AvgIpc) is 2.18. The van der Waals surface area contributed by atoms with Gasteiger partial charge in [0.05, 0.1) is 6.42 Å². The second-order valence-electron chi connectivity index (χ2n) is 4.28. The highest BCUT2D eigenvalue weighted by molar-refractivity contribution is 5.67. The van der Waals surface area contributed by atoms with Crippen LogP contribution in [0.4, 0.5) is 0 Å². The molecule has 3 nitrogen and oxygen atoms in total. The number of nitrogens with one attached hydrogen (secondary N) is 1. The molecule has 1 aliphatic rings. The molecule has 0 aromatic carbocycles. The Balaban J connectivity index is 2.71. The summed E-state index contributed by atoms with van der Waals surface area (Å²) in [5, 5.41) is 12.2. The van der Waals surface area contributed by atoms with Gasteiger partial charge in [-0.1, -0.05) is 13.8 Å². The van der Waals surface area contributed by atoms with E-state index < -0.39 is 5.97 Å². The van der Waals surface area contributed by atoms with Crippen LogP contribution in [0.25, 0.3) is 0 Å². The highest BCUT2D eigenvalue weighted by Crippen LogP contribution is 2.39. The van der Waals surface area contributed by atoms with Gasteiger partial charge >= 0.3 is 5.97 Å². The predicted molar refractivity (Wildman–Crippen MR) is 56.3 cm³/mol. The van der Waals surface area contributed by atoms with Crippen molar-refractivity contribution in [3.63, 3.8) is 0 Å². The molecule has 0 aromatic rings. The smallest absolute Gasteiger partial charge is 0.304 e. The van der Waals surface area contributed by atoms with Gasteiger partial charge < -0.3 is 10.4 Å². The van der Waals surface area contributed by atoms with E-state index in [0.717, 1.165) is 19.4 Å². The number of hydrogen-bond donors (Lipinski definition) is 2. The number of hydrogen-bond acceptors (Lipinski definition) is 2. The quantitative estimate of drug-likeness (QED) is 0.728. The number of carboxylic acids is 1. The van der Waals surface area contributed by atoms with Gasteiger partial charge in [0.15, 0.2) is 0 Å². The standard InChI is InChI=1S/C11H21NO2/c1-3-11(4-2)6-5-7-12-9(11)8-10(13)14/h9,12H,3-8H2,1-2H3,(H,13,14)/t9-/m0/s1. The molecule has 1 fully saturated rings. The summed E-state index contributed by atoms with van der Waals surface area (Å²) in [7, 11) is 0. The molecule has 1 saturated heterocycles. The van der Waals surface area contributed by atoms with E-state index in [4.69, 9.17) is 5.11 Å². The Bertz CT molecular complexity index is 199. The monoisotopic (exact) mass is 199 g/mol. The molecule has 1 heterocycles. The summed E-state index contributed by atoms with van der Waals surface area (Å²) < 4.78 is 0. The number of piperidine rings is 1. The van der Waals surface area contributed by atoms with E-state index in [0.29, 0.717) is 0 Å². The third-order valence-corrected chi connectivity index (χ3v) is 3.77. The van der Waals surface area contributed by atoms with Gasteiger partial charge in [0, 0.05) is 6.04 Å². The maximum absolute atomic E-state index is 10.7. The molecule has 0 aromatic heterocycles. The van der Waals surface area contributed by atoms with Crippen molar-refractivity contribution < 1.29 is 9.90 Å². The lowest BCUT2D eigenvalue weighted by Gasteiger charge is -2.43. The van der Waals surface area contributed by atoms with Crippen molar-refractivity contribution in [3.8, 4) is 0 Å². The summed E-state index contributed by atoms with van der Waals surface area (Å²) in [6.45, 7) is 5.32. The zero-order valence-electron chi connectivity index (χ0n) is 9.18. The van der Waals surface area contributed by atoms with Crippen molar-refractivity contribution in [1.82, 2.24) is 5.32 Å². The van der Waals surface area contributed by atoms with Gasteiger partial charge in [0.25, 0.3) is 0 Å². The second-order valence-corrected chi connectivity index (χ2v) is 4.28. The van der Waals surface area contributed by atoms with Crippen molar-refractivity contribution in [1.29, 1.82) is 0 Å². The van der Waals surface area contributed by atoms with Crippen LogP contribution < -0.4 is 5.32 Å². The molecule has 0 unspecified atom stereocenters. The molecule has 0 saturated carbocycles. The normalized spacial score (nSPS) is 26.0. The molecular weight excluding hydrogens is 178 g/mol. The molecule has 2 N–H and O–H groups in total. The van der Waals surface area contributed by atoms with Crippen LogP contribution in [-0.2, 0) is 4.79 Å². The largest absolute Gasteiger partial charge is 0.481 e. The number of carbonyl (C=O) groups is 1. The minimum atomic E-state index is -0.685. The lowest BCUT2D eigenvalue weighted by Crippen LogP contribution is -2.50. The molecule has 1 atom stereocenters. The first-order valence-corrected chi connectivity index (χ1v) is 5.60. The molecule has 0 amide bonds. The molecule has 0 bridgehead atoms. The molecule has 3 heteroatoms. The third kappa shape index (κ3) is 2.27. The van der Waals surface area contributed by atoms with Gasteiger partial charge in [-0.15, -0.1) is 0 Å². The summed E-state index contributed by atoms with van der Waals surface area (Å²) in [4.78, 5) is 10.7. The molecule has 82 valence electrons. The first kappa shape index (κ1) is 11.5. The van der Waals surface area contributed by atoms with E-state index in [1.807, 2.05) is 0 Å². The molecule has 1 rings (SSSR count). The maximum atomic E-state index is 10.7. The van der Waals surface area contributed by atoms with Gasteiger partial charge in [0.2, 0.25) is 0 Å².